The first-order chi connectivity index (χ1) is 10.4. The van der Waals surface area contributed by atoms with Crippen molar-refractivity contribution in [3.8, 4) is 0 Å². The third-order valence-electron chi connectivity index (χ3n) is 3.34. The molecule has 0 atom stereocenters. The van der Waals surface area contributed by atoms with Crippen LogP contribution in [0.25, 0.3) is 0 Å². The van der Waals surface area contributed by atoms with Crippen LogP contribution in [0.15, 0.2) is 23.1 Å². The molecule has 0 amide bonds. The molecule has 0 aromatic heterocycles. The molecule has 1 aliphatic heterocycles. The summed E-state index contributed by atoms with van der Waals surface area (Å²) in [6, 6.07) is 3.50. The Hall–Kier alpha value is -1.26. The van der Waals surface area contributed by atoms with Crippen molar-refractivity contribution in [3.63, 3.8) is 0 Å². The van der Waals surface area contributed by atoms with Gasteiger partial charge in [0.2, 0.25) is 10.0 Å². The Bertz CT molecular complexity index is 647. The molecule has 2 N–H and O–H groups in total. The van der Waals surface area contributed by atoms with E-state index in [9.17, 15) is 18.5 Å². The van der Waals surface area contributed by atoms with Gasteiger partial charge in [0.15, 0.2) is 4.90 Å². The Morgan fingerprint density at radius 1 is 1.36 bits per heavy atom. The normalized spacial score (nSPS) is 16.6. The van der Waals surface area contributed by atoms with E-state index in [1.165, 1.54) is 6.07 Å². The van der Waals surface area contributed by atoms with Crippen LogP contribution in [0.4, 0.5) is 5.69 Å². The number of rotatable bonds is 6. The average Bonchev–Trinajstić information content (AvgIpc) is 2.47. The first kappa shape index (κ1) is 17.1. The minimum atomic E-state index is -3.95. The zero-order valence-corrected chi connectivity index (χ0v) is 13.4. The molecular formula is C12H17ClN4O4S. The highest BCUT2D eigenvalue weighted by molar-refractivity contribution is 7.89. The monoisotopic (exact) mass is 348 g/mol. The number of nitrogens with one attached hydrogen (secondary N) is 2. The van der Waals surface area contributed by atoms with Crippen LogP contribution in [-0.2, 0) is 10.0 Å². The van der Waals surface area contributed by atoms with Crippen LogP contribution in [0.2, 0.25) is 5.02 Å². The highest BCUT2D eigenvalue weighted by atomic mass is 35.5. The standard InChI is InChI=1S/C12H17ClN4O4S/c13-10-1-2-12(11(9-10)17(18)19)22(20,21)15-5-8-16-6-3-14-4-7-16/h1-2,9,14-15H,3-8H2. The summed E-state index contributed by atoms with van der Waals surface area (Å²) in [6.45, 7) is 4.20. The number of halogens is 1. The molecule has 122 valence electrons. The first-order valence-electron chi connectivity index (χ1n) is 6.77. The molecule has 0 radical (unpaired) electrons. The van der Waals surface area contributed by atoms with E-state index in [1.54, 1.807) is 0 Å². The van der Waals surface area contributed by atoms with Gasteiger partial charge in [0.1, 0.15) is 0 Å². The van der Waals surface area contributed by atoms with E-state index in [0.717, 1.165) is 38.3 Å². The SMILES string of the molecule is O=[N+]([O-])c1cc(Cl)ccc1S(=O)(=O)NCCN1CCNCC1. The van der Waals surface area contributed by atoms with Gasteiger partial charge in [-0.3, -0.25) is 15.0 Å². The zero-order valence-electron chi connectivity index (χ0n) is 11.8. The maximum absolute atomic E-state index is 12.2. The quantitative estimate of drug-likeness (QED) is 0.570. The van der Waals surface area contributed by atoms with Gasteiger partial charge in [-0.1, -0.05) is 11.6 Å². The summed E-state index contributed by atoms with van der Waals surface area (Å²) >= 11 is 5.68. The van der Waals surface area contributed by atoms with Gasteiger partial charge in [-0.15, -0.1) is 0 Å². The lowest BCUT2D eigenvalue weighted by Crippen LogP contribution is -2.46. The smallest absolute Gasteiger partial charge is 0.290 e. The highest BCUT2D eigenvalue weighted by Gasteiger charge is 2.25. The number of benzene rings is 1. The molecule has 10 heteroatoms. The van der Waals surface area contributed by atoms with Crippen molar-refractivity contribution < 1.29 is 13.3 Å². The molecule has 1 aromatic rings. The fraction of sp³-hybridized carbons (Fsp3) is 0.500. The van der Waals surface area contributed by atoms with Gasteiger partial charge in [-0.05, 0) is 12.1 Å². The largest absolute Gasteiger partial charge is 0.314 e. The Kier molecular flexibility index (Phi) is 5.70. The fourth-order valence-electron chi connectivity index (χ4n) is 2.21. The van der Waals surface area contributed by atoms with Crippen LogP contribution in [0.3, 0.4) is 0 Å². The van der Waals surface area contributed by atoms with Crippen LogP contribution in [0.1, 0.15) is 0 Å². The number of hydrogen-bond acceptors (Lipinski definition) is 6. The van der Waals surface area contributed by atoms with Crippen LogP contribution < -0.4 is 10.0 Å². The second kappa shape index (κ2) is 7.34. The number of nitro benzene ring substituents is 1. The van der Waals surface area contributed by atoms with E-state index in [4.69, 9.17) is 11.6 Å². The third-order valence-corrected chi connectivity index (χ3v) is 5.08. The van der Waals surface area contributed by atoms with Gasteiger partial charge < -0.3 is 5.32 Å². The van der Waals surface area contributed by atoms with Crippen molar-refractivity contribution in [2.24, 2.45) is 0 Å². The molecule has 1 fully saturated rings. The van der Waals surface area contributed by atoms with Crippen molar-refractivity contribution in [3.05, 3.63) is 33.3 Å². The molecule has 0 spiro atoms. The Morgan fingerprint density at radius 3 is 2.68 bits per heavy atom. The lowest BCUT2D eigenvalue weighted by atomic mass is 10.3. The van der Waals surface area contributed by atoms with Crippen molar-refractivity contribution in [1.29, 1.82) is 0 Å². The molecule has 0 saturated carbocycles. The Balaban J connectivity index is 2.05. The summed E-state index contributed by atoms with van der Waals surface area (Å²) in [5.41, 5.74) is -0.526. The van der Waals surface area contributed by atoms with Crippen LogP contribution in [-0.4, -0.2) is 57.5 Å². The summed E-state index contributed by atoms with van der Waals surface area (Å²) in [5, 5.41) is 14.3. The van der Waals surface area contributed by atoms with Crippen LogP contribution in [0.5, 0.6) is 0 Å². The molecule has 1 aromatic carbocycles. The molecule has 1 saturated heterocycles. The van der Waals surface area contributed by atoms with Crippen LogP contribution in [0, 0.1) is 10.1 Å². The maximum Gasteiger partial charge on any atom is 0.290 e. The number of nitro groups is 1. The summed E-state index contributed by atoms with van der Waals surface area (Å²) < 4.78 is 26.8. The first-order valence-corrected chi connectivity index (χ1v) is 8.63. The molecule has 0 unspecified atom stereocenters. The minimum absolute atomic E-state index is 0.117. The van der Waals surface area contributed by atoms with Gasteiger partial charge in [-0.2, -0.15) is 0 Å². The van der Waals surface area contributed by atoms with Crippen molar-refractivity contribution >= 4 is 27.3 Å². The molecule has 1 heterocycles. The maximum atomic E-state index is 12.2. The van der Waals surface area contributed by atoms with Crippen molar-refractivity contribution in [2.75, 3.05) is 39.3 Å². The van der Waals surface area contributed by atoms with E-state index >= 15 is 0 Å². The Labute approximate surface area is 133 Å². The number of hydrogen-bond donors (Lipinski definition) is 2. The second-order valence-corrected chi connectivity index (χ2v) is 7.03. The molecule has 22 heavy (non-hydrogen) atoms. The van der Waals surface area contributed by atoms with E-state index < -0.39 is 20.6 Å². The van der Waals surface area contributed by atoms with E-state index in [0.29, 0.717) is 6.54 Å². The fourth-order valence-corrected chi connectivity index (χ4v) is 3.55. The summed E-state index contributed by atoms with van der Waals surface area (Å²) in [4.78, 5) is 12.0. The molecular weight excluding hydrogens is 332 g/mol. The van der Waals surface area contributed by atoms with Crippen molar-refractivity contribution in [2.45, 2.75) is 4.90 Å². The van der Waals surface area contributed by atoms with Gasteiger partial charge in [0, 0.05) is 50.4 Å². The van der Waals surface area contributed by atoms with Gasteiger partial charge in [0.05, 0.1) is 4.92 Å². The van der Waals surface area contributed by atoms with E-state index in [-0.39, 0.29) is 16.5 Å². The minimum Gasteiger partial charge on any atom is -0.314 e. The molecule has 2 rings (SSSR count). The lowest BCUT2D eigenvalue weighted by molar-refractivity contribution is -0.387. The van der Waals surface area contributed by atoms with Gasteiger partial charge >= 0.3 is 0 Å². The van der Waals surface area contributed by atoms with E-state index in [2.05, 4.69) is 14.9 Å². The predicted octanol–water partition coefficient (Wildman–Crippen LogP) is 0.432. The third kappa shape index (κ3) is 4.37. The Morgan fingerprint density at radius 2 is 2.05 bits per heavy atom. The number of nitrogens with zero attached hydrogens (tertiary/aromatic N) is 2. The van der Waals surface area contributed by atoms with E-state index in [1.807, 2.05) is 0 Å². The van der Waals surface area contributed by atoms with Gasteiger partial charge in [-0.25, -0.2) is 13.1 Å². The number of piperazine rings is 1. The summed E-state index contributed by atoms with van der Waals surface area (Å²) in [6.07, 6.45) is 0. The number of sulfonamides is 1. The topological polar surface area (TPSA) is 105 Å². The molecule has 0 aliphatic carbocycles. The highest BCUT2D eigenvalue weighted by Crippen LogP contribution is 2.26. The molecule has 0 bridgehead atoms. The molecule has 8 nitrogen and oxygen atoms in total. The van der Waals surface area contributed by atoms with Crippen molar-refractivity contribution in [1.82, 2.24) is 14.9 Å². The molecule has 1 aliphatic rings. The second-order valence-electron chi connectivity index (χ2n) is 4.86. The lowest BCUT2D eigenvalue weighted by Gasteiger charge is -2.27. The summed E-state index contributed by atoms with van der Waals surface area (Å²) in [5.74, 6) is 0. The average molecular weight is 349 g/mol. The summed E-state index contributed by atoms with van der Waals surface area (Å²) in [7, 11) is -3.95. The zero-order chi connectivity index (χ0) is 16.2. The van der Waals surface area contributed by atoms with Crippen LogP contribution >= 0.6 is 11.6 Å². The van der Waals surface area contributed by atoms with Gasteiger partial charge in [0.25, 0.3) is 5.69 Å². The predicted molar refractivity (Wildman–Crippen MR) is 82.6 cm³/mol.